The van der Waals surface area contributed by atoms with Gasteiger partial charge in [0.25, 0.3) is 0 Å². The first-order valence-electron chi connectivity index (χ1n) is 7.91. The molecule has 1 rings (SSSR count). The van der Waals surface area contributed by atoms with Gasteiger partial charge in [0.05, 0.1) is 12.1 Å². The molecular formula is C17H27FN2O2. The summed E-state index contributed by atoms with van der Waals surface area (Å²) in [6, 6.07) is 5.15. The molecule has 0 aliphatic heterocycles. The second-order valence-corrected chi connectivity index (χ2v) is 5.60. The highest BCUT2D eigenvalue weighted by atomic mass is 19.1. The smallest absolute Gasteiger partial charge is 0.304 e. The molecule has 22 heavy (non-hydrogen) atoms. The molecule has 0 aliphatic carbocycles. The lowest BCUT2D eigenvalue weighted by molar-refractivity contribution is -0.137. The van der Waals surface area contributed by atoms with Crippen LogP contribution in [-0.2, 0) is 11.3 Å². The number of benzene rings is 1. The fourth-order valence-electron chi connectivity index (χ4n) is 2.37. The molecule has 0 bridgehead atoms. The Morgan fingerprint density at radius 2 is 2.00 bits per heavy atom. The zero-order valence-corrected chi connectivity index (χ0v) is 13.8. The van der Waals surface area contributed by atoms with Crippen LogP contribution in [0.15, 0.2) is 18.2 Å². The Hall–Kier alpha value is -1.62. The van der Waals surface area contributed by atoms with Gasteiger partial charge in [0, 0.05) is 26.2 Å². The molecule has 0 aromatic heterocycles. The lowest BCUT2D eigenvalue weighted by Crippen LogP contribution is -2.25. The van der Waals surface area contributed by atoms with Crippen molar-refractivity contribution in [3.63, 3.8) is 0 Å². The summed E-state index contributed by atoms with van der Waals surface area (Å²) < 4.78 is 14.1. The zero-order valence-electron chi connectivity index (χ0n) is 13.8. The minimum Gasteiger partial charge on any atom is -0.481 e. The van der Waals surface area contributed by atoms with Crippen LogP contribution in [0.3, 0.4) is 0 Å². The third kappa shape index (κ3) is 6.02. The Morgan fingerprint density at radius 3 is 2.59 bits per heavy atom. The van der Waals surface area contributed by atoms with Crippen LogP contribution in [0.25, 0.3) is 0 Å². The van der Waals surface area contributed by atoms with E-state index in [-0.39, 0.29) is 12.2 Å². The highest BCUT2D eigenvalue weighted by molar-refractivity contribution is 5.66. The summed E-state index contributed by atoms with van der Waals surface area (Å²) in [6.07, 6.45) is 2.23. The van der Waals surface area contributed by atoms with Gasteiger partial charge in [-0.15, -0.1) is 0 Å². The summed E-state index contributed by atoms with van der Waals surface area (Å²) in [5.41, 5.74) is 1.64. The fourth-order valence-corrected chi connectivity index (χ4v) is 2.37. The molecule has 0 unspecified atom stereocenters. The van der Waals surface area contributed by atoms with E-state index >= 15 is 0 Å². The van der Waals surface area contributed by atoms with E-state index in [9.17, 15) is 9.18 Å². The van der Waals surface area contributed by atoms with Crippen molar-refractivity contribution < 1.29 is 14.3 Å². The van der Waals surface area contributed by atoms with Gasteiger partial charge >= 0.3 is 5.97 Å². The van der Waals surface area contributed by atoms with E-state index < -0.39 is 5.97 Å². The van der Waals surface area contributed by atoms with Crippen molar-refractivity contribution in [3.8, 4) is 0 Å². The Labute approximate surface area is 132 Å². The lowest BCUT2D eigenvalue weighted by atomic mass is 10.1. The number of halogens is 1. The average molecular weight is 310 g/mol. The summed E-state index contributed by atoms with van der Waals surface area (Å²) in [6.45, 7) is 6.87. The zero-order chi connectivity index (χ0) is 16.5. The second kappa shape index (κ2) is 9.41. The molecule has 0 saturated heterocycles. The molecule has 0 fully saturated rings. The van der Waals surface area contributed by atoms with Crippen molar-refractivity contribution in [3.05, 3.63) is 29.6 Å². The maximum Gasteiger partial charge on any atom is 0.304 e. The van der Waals surface area contributed by atoms with Crippen LogP contribution in [0.1, 0.15) is 38.7 Å². The molecule has 1 aromatic rings. The average Bonchev–Trinajstić information content (AvgIpc) is 2.49. The normalized spacial score (nSPS) is 11.0. The van der Waals surface area contributed by atoms with Crippen LogP contribution in [0.4, 0.5) is 10.1 Å². The van der Waals surface area contributed by atoms with Crippen LogP contribution in [0.5, 0.6) is 0 Å². The third-order valence-electron chi connectivity index (χ3n) is 3.67. The highest BCUT2D eigenvalue weighted by Crippen LogP contribution is 2.22. The van der Waals surface area contributed by atoms with Crippen LogP contribution in [0.2, 0.25) is 0 Å². The van der Waals surface area contributed by atoms with Gasteiger partial charge in [-0.1, -0.05) is 19.4 Å². The Kier molecular flexibility index (Phi) is 7.88. The summed E-state index contributed by atoms with van der Waals surface area (Å²) >= 11 is 0. The van der Waals surface area contributed by atoms with E-state index in [2.05, 4.69) is 11.8 Å². The van der Waals surface area contributed by atoms with Crippen LogP contribution in [0, 0.1) is 5.82 Å². The van der Waals surface area contributed by atoms with E-state index in [0.717, 1.165) is 31.5 Å². The molecule has 1 aromatic carbocycles. The lowest BCUT2D eigenvalue weighted by Gasteiger charge is -2.25. The first kappa shape index (κ1) is 18.4. The van der Waals surface area contributed by atoms with Crippen LogP contribution >= 0.6 is 0 Å². The molecule has 1 N–H and O–H groups in total. The van der Waals surface area contributed by atoms with Crippen molar-refractivity contribution in [1.82, 2.24) is 4.90 Å². The topological polar surface area (TPSA) is 43.8 Å². The van der Waals surface area contributed by atoms with Gasteiger partial charge in [0.15, 0.2) is 0 Å². The summed E-state index contributed by atoms with van der Waals surface area (Å²) in [4.78, 5) is 14.6. The number of hydrogen-bond donors (Lipinski definition) is 1. The SMILES string of the molecule is CCCCN(CC)c1cc(CN(C)CCC(=O)O)ccc1F. The first-order valence-corrected chi connectivity index (χ1v) is 7.91. The van der Waals surface area contributed by atoms with Gasteiger partial charge < -0.3 is 14.9 Å². The van der Waals surface area contributed by atoms with E-state index in [0.29, 0.717) is 18.8 Å². The summed E-state index contributed by atoms with van der Waals surface area (Å²) in [5, 5.41) is 8.71. The second-order valence-electron chi connectivity index (χ2n) is 5.60. The summed E-state index contributed by atoms with van der Waals surface area (Å²) in [5.74, 6) is -1.00. The molecule has 0 atom stereocenters. The molecule has 0 heterocycles. The number of hydrogen-bond acceptors (Lipinski definition) is 3. The predicted molar refractivity (Wildman–Crippen MR) is 87.8 cm³/mol. The number of carboxylic acid groups (broad SMARTS) is 1. The number of unbranched alkanes of at least 4 members (excludes halogenated alkanes) is 1. The molecule has 0 spiro atoms. The highest BCUT2D eigenvalue weighted by Gasteiger charge is 2.12. The molecule has 124 valence electrons. The van der Waals surface area contributed by atoms with E-state index in [1.165, 1.54) is 6.07 Å². The molecular weight excluding hydrogens is 283 g/mol. The number of rotatable bonds is 10. The van der Waals surface area contributed by atoms with Crippen molar-refractivity contribution in [2.45, 2.75) is 39.7 Å². The van der Waals surface area contributed by atoms with Crippen LogP contribution < -0.4 is 4.90 Å². The number of carbonyl (C=O) groups is 1. The van der Waals surface area contributed by atoms with Gasteiger partial charge in [-0.2, -0.15) is 0 Å². The molecule has 4 nitrogen and oxygen atoms in total. The molecule has 0 saturated carbocycles. The van der Waals surface area contributed by atoms with Gasteiger partial charge in [0.2, 0.25) is 0 Å². The third-order valence-corrected chi connectivity index (χ3v) is 3.67. The first-order chi connectivity index (χ1) is 10.5. The minimum absolute atomic E-state index is 0.113. The summed E-state index contributed by atoms with van der Waals surface area (Å²) in [7, 11) is 1.88. The monoisotopic (exact) mass is 310 g/mol. The molecule has 0 aliphatic rings. The molecule has 5 heteroatoms. The Bertz CT molecular complexity index is 480. The van der Waals surface area contributed by atoms with Crippen molar-refractivity contribution >= 4 is 11.7 Å². The molecule has 0 radical (unpaired) electrons. The Balaban J connectivity index is 2.77. The van der Waals surface area contributed by atoms with Crippen molar-refractivity contribution in [1.29, 1.82) is 0 Å². The van der Waals surface area contributed by atoms with E-state index in [1.807, 2.05) is 24.9 Å². The Morgan fingerprint density at radius 1 is 1.27 bits per heavy atom. The van der Waals surface area contributed by atoms with Crippen molar-refractivity contribution in [2.75, 3.05) is 31.6 Å². The standard InChI is InChI=1S/C17H27FN2O2/c1-4-6-10-20(5-2)16-12-14(7-8-15(16)18)13-19(3)11-9-17(21)22/h7-8,12H,4-6,9-11,13H2,1-3H3,(H,21,22). The number of nitrogens with zero attached hydrogens (tertiary/aromatic N) is 2. The maximum absolute atomic E-state index is 14.1. The van der Waals surface area contributed by atoms with Gasteiger partial charge in [-0.25, -0.2) is 4.39 Å². The van der Waals surface area contributed by atoms with Crippen molar-refractivity contribution in [2.24, 2.45) is 0 Å². The quantitative estimate of drug-likeness (QED) is 0.720. The van der Waals surface area contributed by atoms with E-state index in [1.54, 1.807) is 6.07 Å². The van der Waals surface area contributed by atoms with Gasteiger partial charge in [0.1, 0.15) is 5.82 Å². The number of anilines is 1. The number of aliphatic carboxylic acids is 1. The number of carboxylic acids is 1. The van der Waals surface area contributed by atoms with Gasteiger partial charge in [-0.3, -0.25) is 4.79 Å². The van der Waals surface area contributed by atoms with E-state index in [4.69, 9.17) is 5.11 Å². The maximum atomic E-state index is 14.1. The minimum atomic E-state index is -0.802. The molecule has 0 amide bonds. The van der Waals surface area contributed by atoms with Crippen LogP contribution in [-0.4, -0.2) is 42.7 Å². The van der Waals surface area contributed by atoms with Gasteiger partial charge in [-0.05, 0) is 38.1 Å². The fraction of sp³-hybridized carbons (Fsp3) is 0.588. The predicted octanol–water partition coefficient (Wildman–Crippen LogP) is 3.36. The largest absolute Gasteiger partial charge is 0.481 e.